The Balaban J connectivity index is 1.66. The number of carbonyl (C=O) groups is 1. The van der Waals surface area contributed by atoms with Crippen molar-refractivity contribution >= 4 is 21.7 Å². The average Bonchev–Trinajstić information content (AvgIpc) is 2.77. The number of amides is 2. The van der Waals surface area contributed by atoms with E-state index < -0.39 is 10.0 Å². The molecule has 0 unspecified atom stereocenters. The maximum absolute atomic E-state index is 12.8. The Kier molecular flexibility index (Phi) is 7.50. The van der Waals surface area contributed by atoms with Gasteiger partial charge in [-0.25, -0.2) is 13.2 Å². The normalized spacial score (nSPS) is 13.9. The van der Waals surface area contributed by atoms with Crippen LogP contribution in [0.15, 0.2) is 53.4 Å². The molecule has 30 heavy (non-hydrogen) atoms. The monoisotopic (exact) mass is 429 g/mol. The minimum Gasteiger partial charge on any atom is -0.338 e. The molecule has 1 N–H and O–H groups in total. The van der Waals surface area contributed by atoms with Crippen molar-refractivity contribution < 1.29 is 13.2 Å². The van der Waals surface area contributed by atoms with Gasteiger partial charge in [0.25, 0.3) is 0 Å². The predicted octanol–water partition coefficient (Wildman–Crippen LogP) is 3.81. The Bertz CT molecular complexity index is 957. The average molecular weight is 430 g/mol. The fraction of sp³-hybridized carbons (Fsp3) is 0.435. The zero-order valence-electron chi connectivity index (χ0n) is 17.8. The van der Waals surface area contributed by atoms with E-state index in [2.05, 4.69) is 17.4 Å². The minimum absolute atomic E-state index is 0.122. The number of anilines is 1. The molecule has 0 aromatic heterocycles. The first-order valence-electron chi connectivity index (χ1n) is 10.7. The quantitative estimate of drug-likeness (QED) is 0.649. The summed E-state index contributed by atoms with van der Waals surface area (Å²) >= 11 is 0. The SMILES string of the molecule is CCN(CC)S(=O)(=O)c1ccc2c(c1)CCCN2C(=O)NCCCc1ccccc1. The van der Waals surface area contributed by atoms with E-state index in [9.17, 15) is 13.2 Å². The van der Waals surface area contributed by atoms with Crippen molar-refractivity contribution in [2.75, 3.05) is 31.1 Å². The number of nitrogens with one attached hydrogen (secondary N) is 1. The van der Waals surface area contributed by atoms with Gasteiger partial charge in [-0.05, 0) is 55.0 Å². The number of hydrogen-bond donors (Lipinski definition) is 1. The molecule has 2 aromatic rings. The lowest BCUT2D eigenvalue weighted by Gasteiger charge is -2.30. The van der Waals surface area contributed by atoms with Crippen molar-refractivity contribution in [3.05, 3.63) is 59.7 Å². The zero-order valence-corrected chi connectivity index (χ0v) is 18.6. The number of carbonyl (C=O) groups excluding carboxylic acids is 1. The smallest absolute Gasteiger partial charge is 0.321 e. The lowest BCUT2D eigenvalue weighted by atomic mass is 10.0. The summed E-state index contributed by atoms with van der Waals surface area (Å²) < 4.78 is 27.1. The van der Waals surface area contributed by atoms with Crippen LogP contribution in [0.2, 0.25) is 0 Å². The number of fused-ring (bicyclic) bond motifs is 1. The summed E-state index contributed by atoms with van der Waals surface area (Å²) in [4.78, 5) is 14.8. The standard InChI is InChI=1S/C23H31N3O3S/c1-3-25(4-2)30(28,29)21-14-15-22-20(18-21)13-9-17-26(22)23(27)24-16-8-12-19-10-6-5-7-11-19/h5-7,10-11,14-15,18H,3-4,8-9,12-13,16-17H2,1-2H3,(H,24,27). The van der Waals surface area contributed by atoms with Crippen LogP contribution in [0.25, 0.3) is 0 Å². The molecule has 6 nitrogen and oxygen atoms in total. The van der Waals surface area contributed by atoms with E-state index in [0.29, 0.717) is 31.1 Å². The van der Waals surface area contributed by atoms with E-state index in [1.807, 2.05) is 32.0 Å². The first-order chi connectivity index (χ1) is 14.5. The Morgan fingerprint density at radius 2 is 1.83 bits per heavy atom. The van der Waals surface area contributed by atoms with Gasteiger partial charge >= 0.3 is 6.03 Å². The molecule has 0 saturated carbocycles. The molecular formula is C23H31N3O3S. The van der Waals surface area contributed by atoms with E-state index in [-0.39, 0.29) is 6.03 Å². The van der Waals surface area contributed by atoms with Crippen LogP contribution in [0.1, 0.15) is 37.8 Å². The molecule has 162 valence electrons. The molecule has 2 aromatic carbocycles. The third-order valence-corrected chi connectivity index (χ3v) is 7.57. The van der Waals surface area contributed by atoms with Crippen LogP contribution >= 0.6 is 0 Å². The van der Waals surface area contributed by atoms with Crippen molar-refractivity contribution in [3.8, 4) is 0 Å². The summed E-state index contributed by atoms with van der Waals surface area (Å²) in [6.07, 6.45) is 3.38. The summed E-state index contributed by atoms with van der Waals surface area (Å²) in [6, 6.07) is 15.2. The number of aryl methyl sites for hydroxylation is 2. The van der Waals surface area contributed by atoms with Crippen LogP contribution < -0.4 is 10.2 Å². The Hall–Kier alpha value is -2.38. The number of sulfonamides is 1. The highest BCUT2D eigenvalue weighted by atomic mass is 32.2. The van der Waals surface area contributed by atoms with Gasteiger partial charge in [0, 0.05) is 31.9 Å². The van der Waals surface area contributed by atoms with Gasteiger partial charge in [-0.2, -0.15) is 4.31 Å². The van der Waals surface area contributed by atoms with E-state index in [0.717, 1.165) is 36.9 Å². The molecule has 0 bridgehead atoms. The van der Waals surface area contributed by atoms with Crippen molar-refractivity contribution in [2.24, 2.45) is 0 Å². The summed E-state index contributed by atoms with van der Waals surface area (Å²) in [5, 5.41) is 3.01. The lowest BCUT2D eigenvalue weighted by molar-refractivity contribution is 0.245. The van der Waals surface area contributed by atoms with E-state index in [4.69, 9.17) is 0 Å². The van der Waals surface area contributed by atoms with Gasteiger partial charge < -0.3 is 5.32 Å². The number of nitrogens with zero attached hydrogens (tertiary/aromatic N) is 2. The van der Waals surface area contributed by atoms with E-state index in [1.54, 1.807) is 23.1 Å². The molecule has 1 heterocycles. The number of urea groups is 1. The number of rotatable bonds is 8. The second-order valence-electron chi connectivity index (χ2n) is 7.46. The fourth-order valence-corrected chi connectivity index (χ4v) is 5.39. The Labute approximate surface area is 179 Å². The van der Waals surface area contributed by atoms with Crippen LogP contribution in [0.5, 0.6) is 0 Å². The Morgan fingerprint density at radius 1 is 1.10 bits per heavy atom. The fourth-order valence-electron chi connectivity index (χ4n) is 3.89. The largest absolute Gasteiger partial charge is 0.338 e. The minimum atomic E-state index is -3.50. The highest BCUT2D eigenvalue weighted by Gasteiger charge is 2.26. The van der Waals surface area contributed by atoms with Gasteiger partial charge in [-0.15, -0.1) is 0 Å². The summed E-state index contributed by atoms with van der Waals surface area (Å²) in [7, 11) is -3.50. The maximum atomic E-state index is 12.8. The Morgan fingerprint density at radius 3 is 2.53 bits per heavy atom. The topological polar surface area (TPSA) is 69.7 Å². The van der Waals surface area contributed by atoms with Crippen LogP contribution in [-0.4, -0.2) is 44.9 Å². The first kappa shape index (κ1) is 22.3. The van der Waals surface area contributed by atoms with Crippen LogP contribution in [0.3, 0.4) is 0 Å². The van der Waals surface area contributed by atoms with Crippen LogP contribution in [0.4, 0.5) is 10.5 Å². The molecule has 7 heteroatoms. The second kappa shape index (κ2) is 10.1. The molecule has 1 aliphatic heterocycles. The van der Waals surface area contributed by atoms with Gasteiger partial charge in [0.1, 0.15) is 0 Å². The molecule has 0 aliphatic carbocycles. The third-order valence-electron chi connectivity index (χ3n) is 5.52. The first-order valence-corrected chi connectivity index (χ1v) is 12.1. The van der Waals surface area contributed by atoms with Gasteiger partial charge in [0.2, 0.25) is 10.0 Å². The van der Waals surface area contributed by atoms with Crippen LogP contribution in [-0.2, 0) is 22.9 Å². The molecule has 0 fully saturated rings. The van der Waals surface area contributed by atoms with Gasteiger partial charge in [0.05, 0.1) is 4.90 Å². The van der Waals surface area contributed by atoms with Crippen molar-refractivity contribution in [3.63, 3.8) is 0 Å². The van der Waals surface area contributed by atoms with Crippen molar-refractivity contribution in [1.29, 1.82) is 0 Å². The molecule has 3 rings (SSSR count). The second-order valence-corrected chi connectivity index (χ2v) is 9.39. The van der Waals surface area contributed by atoms with Gasteiger partial charge in [-0.3, -0.25) is 4.90 Å². The molecule has 0 saturated heterocycles. The van der Waals surface area contributed by atoms with Gasteiger partial charge in [-0.1, -0.05) is 44.2 Å². The molecule has 0 atom stereocenters. The zero-order chi connectivity index (χ0) is 21.6. The van der Waals surface area contributed by atoms with Crippen LogP contribution in [0, 0.1) is 0 Å². The lowest BCUT2D eigenvalue weighted by Crippen LogP contribution is -2.43. The molecular weight excluding hydrogens is 398 g/mol. The summed E-state index contributed by atoms with van der Waals surface area (Å²) in [6.45, 7) is 5.79. The maximum Gasteiger partial charge on any atom is 0.321 e. The number of hydrogen-bond acceptors (Lipinski definition) is 3. The highest BCUT2D eigenvalue weighted by Crippen LogP contribution is 2.30. The van der Waals surface area contributed by atoms with Crippen molar-refractivity contribution in [2.45, 2.75) is 44.4 Å². The predicted molar refractivity (Wildman–Crippen MR) is 120 cm³/mol. The highest BCUT2D eigenvalue weighted by molar-refractivity contribution is 7.89. The van der Waals surface area contributed by atoms with E-state index in [1.165, 1.54) is 9.87 Å². The number of benzene rings is 2. The molecule has 0 radical (unpaired) electrons. The van der Waals surface area contributed by atoms with E-state index >= 15 is 0 Å². The van der Waals surface area contributed by atoms with Crippen molar-refractivity contribution in [1.82, 2.24) is 9.62 Å². The van der Waals surface area contributed by atoms with Gasteiger partial charge in [0.15, 0.2) is 0 Å². The molecule has 0 spiro atoms. The summed E-state index contributed by atoms with van der Waals surface area (Å²) in [5.41, 5.74) is 2.98. The third kappa shape index (κ3) is 5.02. The summed E-state index contributed by atoms with van der Waals surface area (Å²) in [5.74, 6) is 0. The molecule has 1 aliphatic rings. The molecule has 2 amide bonds.